The number of aliphatic hydroxyl groups is 1. The molecule has 0 aromatic rings. The predicted octanol–water partition coefficient (Wildman–Crippen LogP) is 25.2. The van der Waals surface area contributed by atoms with Gasteiger partial charge in [0.1, 0.15) is 13.2 Å². The summed E-state index contributed by atoms with van der Waals surface area (Å²) in [5, 5.41) is 14.0. The molecule has 0 saturated carbocycles. The van der Waals surface area contributed by atoms with Crippen LogP contribution < -0.4 is 5.32 Å². The highest BCUT2D eigenvalue weighted by molar-refractivity contribution is 7.47. The van der Waals surface area contributed by atoms with Crippen molar-refractivity contribution < 1.29 is 32.9 Å². The number of allylic oxidation sites excluding steroid dienone is 1. The third-order valence-corrected chi connectivity index (χ3v) is 19.5. The molecule has 0 heterocycles. The highest BCUT2D eigenvalue weighted by atomic mass is 31.2. The minimum absolute atomic E-state index is 0.0656. The van der Waals surface area contributed by atoms with Gasteiger partial charge in [0.2, 0.25) is 5.91 Å². The molecule has 0 radical (unpaired) electrons. The molecular weight excluding hydrogens is 1080 g/mol. The molecule has 8 nitrogen and oxygen atoms in total. The smallest absolute Gasteiger partial charge is 0.387 e. The first-order chi connectivity index (χ1) is 42.0. The molecule has 86 heavy (non-hydrogen) atoms. The Hall–Kier alpha value is -0.760. The van der Waals surface area contributed by atoms with Gasteiger partial charge in [0.25, 0.3) is 0 Å². The lowest BCUT2D eigenvalue weighted by molar-refractivity contribution is -0.870. The summed E-state index contributed by atoms with van der Waals surface area (Å²) in [7, 11) is 1.60. The second-order valence-electron chi connectivity index (χ2n) is 28.5. The minimum atomic E-state index is -4.35. The van der Waals surface area contributed by atoms with Crippen LogP contribution in [0.2, 0.25) is 0 Å². The van der Waals surface area contributed by atoms with Gasteiger partial charge in [-0.2, -0.15) is 0 Å². The lowest BCUT2D eigenvalue weighted by Gasteiger charge is -2.25. The van der Waals surface area contributed by atoms with Crippen LogP contribution in [0.3, 0.4) is 0 Å². The maximum Gasteiger partial charge on any atom is 0.472 e. The molecule has 0 aliphatic rings. The number of rotatable bonds is 74. The monoisotopic (exact) mass is 1240 g/mol. The maximum atomic E-state index is 13.1. The molecule has 514 valence electrons. The third kappa shape index (κ3) is 70.7. The largest absolute Gasteiger partial charge is 0.472 e. The van der Waals surface area contributed by atoms with E-state index in [1.165, 1.54) is 372 Å². The van der Waals surface area contributed by atoms with E-state index >= 15 is 0 Å². The first-order valence-electron chi connectivity index (χ1n) is 39.1. The quantitative estimate of drug-likeness (QED) is 0.0243. The number of nitrogens with zero attached hydrogens (tertiary/aromatic N) is 1. The number of amides is 1. The van der Waals surface area contributed by atoms with Gasteiger partial charge in [0.05, 0.1) is 39.9 Å². The van der Waals surface area contributed by atoms with Gasteiger partial charge >= 0.3 is 7.82 Å². The van der Waals surface area contributed by atoms with Gasteiger partial charge in [0, 0.05) is 6.42 Å². The second kappa shape index (κ2) is 68.6. The first-order valence-corrected chi connectivity index (χ1v) is 40.6. The van der Waals surface area contributed by atoms with E-state index in [1.54, 1.807) is 6.08 Å². The van der Waals surface area contributed by atoms with Crippen LogP contribution in [0, 0.1) is 0 Å². The number of quaternary nitrogens is 1. The number of phosphoric acid groups is 1. The van der Waals surface area contributed by atoms with Crippen LogP contribution in [0.4, 0.5) is 0 Å². The van der Waals surface area contributed by atoms with Crippen molar-refractivity contribution in [3.8, 4) is 0 Å². The van der Waals surface area contributed by atoms with E-state index in [1.807, 2.05) is 27.2 Å². The topological polar surface area (TPSA) is 105 Å². The Morgan fingerprint density at radius 2 is 0.616 bits per heavy atom. The number of carbonyl (C=O) groups excluding carboxylic acids is 1. The molecule has 0 aromatic carbocycles. The number of aliphatic hydroxyl groups excluding tert-OH is 1. The molecular formula is C77H156N2O6P+. The Morgan fingerprint density at radius 3 is 0.860 bits per heavy atom. The molecule has 0 rings (SSSR count). The normalized spacial score (nSPS) is 13.5. The maximum absolute atomic E-state index is 13.1. The van der Waals surface area contributed by atoms with Gasteiger partial charge in [-0.1, -0.05) is 411 Å². The van der Waals surface area contributed by atoms with Crippen LogP contribution in [0.5, 0.6) is 0 Å². The van der Waals surface area contributed by atoms with Crippen LogP contribution in [0.25, 0.3) is 0 Å². The lowest BCUT2D eigenvalue weighted by Crippen LogP contribution is -2.45. The SMILES string of the molecule is CCCCCCCCCCCCCCCCCCCCCCCC/C=C/C(O)C(COP(=O)(O)OCC[N+](C)(C)C)NC(=O)CCCCCCCCCCCCCCCCCCCCCCCCCCCCCCCCCCCCCCCCCC. The zero-order chi connectivity index (χ0) is 62.6. The zero-order valence-electron chi connectivity index (χ0n) is 59.1. The molecule has 1 amide bonds. The van der Waals surface area contributed by atoms with Crippen LogP contribution in [-0.4, -0.2) is 73.4 Å². The fourth-order valence-corrected chi connectivity index (χ4v) is 13.2. The molecule has 3 atom stereocenters. The van der Waals surface area contributed by atoms with Gasteiger partial charge in [-0.05, 0) is 19.3 Å². The molecule has 9 heteroatoms. The van der Waals surface area contributed by atoms with Crippen LogP contribution in [0.1, 0.15) is 425 Å². The van der Waals surface area contributed by atoms with Gasteiger partial charge in [0.15, 0.2) is 0 Å². The van der Waals surface area contributed by atoms with Crippen molar-refractivity contribution in [2.24, 2.45) is 0 Å². The Balaban J connectivity index is 3.88. The van der Waals surface area contributed by atoms with E-state index < -0.39 is 20.0 Å². The molecule has 0 aliphatic heterocycles. The van der Waals surface area contributed by atoms with Gasteiger partial charge in [-0.15, -0.1) is 0 Å². The summed E-state index contributed by atoms with van der Waals surface area (Å²) < 4.78 is 23.9. The van der Waals surface area contributed by atoms with Crippen molar-refractivity contribution >= 4 is 13.7 Å². The van der Waals surface area contributed by atoms with Crippen molar-refractivity contribution in [1.29, 1.82) is 0 Å². The summed E-state index contributed by atoms with van der Waals surface area (Å²) >= 11 is 0. The average Bonchev–Trinajstić information content (AvgIpc) is 3.70. The van der Waals surface area contributed by atoms with Crippen molar-refractivity contribution in [3.05, 3.63) is 12.2 Å². The number of unbranched alkanes of at least 4 members (excludes halogenated alkanes) is 61. The van der Waals surface area contributed by atoms with E-state index in [0.29, 0.717) is 17.4 Å². The Bertz CT molecular complexity index is 1410. The fourth-order valence-electron chi connectivity index (χ4n) is 12.5. The summed E-state index contributed by atoms with van der Waals surface area (Å²) in [6.45, 7) is 4.90. The Kier molecular flexibility index (Phi) is 68.0. The highest BCUT2D eigenvalue weighted by Gasteiger charge is 2.28. The van der Waals surface area contributed by atoms with Crippen molar-refractivity contribution in [3.63, 3.8) is 0 Å². The molecule has 0 aliphatic carbocycles. The first kappa shape index (κ1) is 85.2. The summed E-state index contributed by atoms with van der Waals surface area (Å²) in [6.07, 6.45) is 89.8. The number of likely N-dealkylation sites (N-methyl/N-ethyl adjacent to an activating group) is 1. The molecule has 3 unspecified atom stereocenters. The zero-order valence-corrected chi connectivity index (χ0v) is 60.0. The number of phosphoric ester groups is 1. The average molecular weight is 1240 g/mol. The van der Waals surface area contributed by atoms with Crippen LogP contribution >= 0.6 is 7.82 Å². The van der Waals surface area contributed by atoms with Gasteiger partial charge in [-0.25, -0.2) is 4.57 Å². The summed E-state index contributed by atoms with van der Waals surface area (Å²) in [6, 6.07) is -0.844. The molecule has 0 spiro atoms. The standard InChI is InChI=1S/C77H155N2O6P/c1-6-8-10-12-14-16-18-20-22-24-26-28-30-32-33-34-35-36-37-38-39-40-41-42-43-44-45-46-47-49-51-53-55-57-59-61-63-65-67-69-71-77(81)78-75(74-85-86(82,83)84-73-72-79(3,4)5)76(80)70-68-66-64-62-60-58-56-54-52-50-48-31-29-27-25-23-21-19-17-15-13-11-9-7-2/h68,70,75-76,80H,6-67,69,71-74H2,1-5H3,(H-,78,81,82,83)/p+1/b70-68+. The second-order valence-corrected chi connectivity index (χ2v) is 29.9. The minimum Gasteiger partial charge on any atom is -0.387 e. The summed E-state index contributed by atoms with van der Waals surface area (Å²) in [5.41, 5.74) is 0. The number of hydrogen-bond donors (Lipinski definition) is 3. The van der Waals surface area contributed by atoms with E-state index in [-0.39, 0.29) is 19.1 Å². The summed E-state index contributed by atoms with van der Waals surface area (Å²) in [5.74, 6) is -0.166. The number of hydrogen-bond acceptors (Lipinski definition) is 5. The van der Waals surface area contributed by atoms with Crippen LogP contribution in [0.15, 0.2) is 12.2 Å². The van der Waals surface area contributed by atoms with Gasteiger partial charge in [-0.3, -0.25) is 13.8 Å². The molecule has 0 fully saturated rings. The molecule has 3 N–H and O–H groups in total. The number of nitrogens with one attached hydrogen (secondary N) is 1. The molecule has 0 saturated heterocycles. The van der Waals surface area contributed by atoms with Crippen LogP contribution in [-0.2, 0) is 18.4 Å². The van der Waals surface area contributed by atoms with Crippen molar-refractivity contribution in [2.75, 3.05) is 40.9 Å². The van der Waals surface area contributed by atoms with Crippen molar-refractivity contribution in [1.82, 2.24) is 5.32 Å². The third-order valence-electron chi connectivity index (χ3n) is 18.5. The number of carbonyl (C=O) groups is 1. The molecule has 0 bridgehead atoms. The predicted molar refractivity (Wildman–Crippen MR) is 379 cm³/mol. The fraction of sp³-hybridized carbons (Fsp3) is 0.961. The van der Waals surface area contributed by atoms with Crippen molar-refractivity contribution in [2.45, 2.75) is 437 Å². The molecule has 0 aromatic heterocycles. The summed E-state index contributed by atoms with van der Waals surface area (Å²) in [4.78, 5) is 23.5. The van der Waals surface area contributed by atoms with Gasteiger partial charge < -0.3 is 19.8 Å². The van der Waals surface area contributed by atoms with E-state index in [9.17, 15) is 19.4 Å². The lowest BCUT2D eigenvalue weighted by atomic mass is 10.0. The highest BCUT2D eigenvalue weighted by Crippen LogP contribution is 2.43. The van der Waals surface area contributed by atoms with E-state index in [4.69, 9.17) is 9.05 Å². The van der Waals surface area contributed by atoms with E-state index in [2.05, 4.69) is 19.2 Å². The Labute approximate surface area is 539 Å². The Morgan fingerprint density at radius 1 is 0.384 bits per heavy atom. The van der Waals surface area contributed by atoms with E-state index in [0.717, 1.165) is 32.1 Å².